The largest absolute Gasteiger partial charge is 0.486 e. The van der Waals surface area contributed by atoms with E-state index in [1.807, 2.05) is 39.8 Å². The molecule has 1 unspecified atom stereocenters. The molecule has 0 bridgehead atoms. The topological polar surface area (TPSA) is 59.0 Å². The molecule has 0 spiro atoms. The van der Waals surface area contributed by atoms with Crippen molar-refractivity contribution < 1.29 is 19.2 Å². The van der Waals surface area contributed by atoms with Crippen LogP contribution in [-0.2, 0) is 9.31 Å². The molecule has 0 aromatic rings. The van der Waals surface area contributed by atoms with Gasteiger partial charge in [-0.15, -0.1) is 0 Å². The van der Waals surface area contributed by atoms with Gasteiger partial charge < -0.3 is 19.3 Å². The van der Waals surface area contributed by atoms with Gasteiger partial charge in [0.2, 0.25) is 0 Å². The molecule has 2 aliphatic heterocycles. The van der Waals surface area contributed by atoms with Gasteiger partial charge >= 0.3 is 13.2 Å². The summed E-state index contributed by atoms with van der Waals surface area (Å²) in [6.07, 6.45) is 3.65. The predicted octanol–water partition coefficient (Wildman–Crippen LogP) is 1.93. The summed E-state index contributed by atoms with van der Waals surface area (Å²) in [4.78, 5) is 12.6. The molecule has 2 heterocycles. The molecule has 18 heavy (non-hydrogen) atoms. The van der Waals surface area contributed by atoms with Gasteiger partial charge in [0.25, 0.3) is 0 Å². The van der Waals surface area contributed by atoms with Crippen LogP contribution in [0.25, 0.3) is 0 Å². The lowest BCUT2D eigenvalue weighted by atomic mass is 9.75. The number of rotatable bonds is 1. The van der Waals surface area contributed by atoms with Crippen LogP contribution in [0.2, 0.25) is 0 Å². The smallest absolute Gasteiger partial charge is 0.465 e. The molecule has 0 saturated carbocycles. The Labute approximate surface area is 108 Å². The Morgan fingerprint density at radius 2 is 1.89 bits per heavy atom. The van der Waals surface area contributed by atoms with E-state index in [-0.39, 0.29) is 5.94 Å². The van der Waals surface area contributed by atoms with Gasteiger partial charge in [-0.2, -0.15) is 0 Å². The van der Waals surface area contributed by atoms with E-state index in [9.17, 15) is 9.90 Å². The Kier molecular flexibility index (Phi) is 3.19. The molecule has 2 aliphatic rings. The lowest BCUT2D eigenvalue weighted by Gasteiger charge is -2.32. The number of amides is 1. The number of hydrogen-bond donors (Lipinski definition) is 1. The zero-order chi connectivity index (χ0) is 13.6. The van der Waals surface area contributed by atoms with Crippen LogP contribution >= 0.6 is 0 Å². The predicted molar refractivity (Wildman–Crippen MR) is 68.4 cm³/mol. The monoisotopic (exact) mass is 253 g/mol. The molecular weight excluding hydrogens is 233 g/mol. The summed E-state index contributed by atoms with van der Waals surface area (Å²) in [7, 11) is -0.539. The Bertz CT molecular complexity index is 364. The quantitative estimate of drug-likeness (QED) is 0.573. The average molecular weight is 253 g/mol. The summed E-state index contributed by atoms with van der Waals surface area (Å²) in [5, 5.41) is 9.21. The van der Waals surface area contributed by atoms with Crippen molar-refractivity contribution >= 4 is 13.2 Å². The number of carbonyl (C=O) groups is 1. The molecule has 0 aliphatic carbocycles. The second-order valence-electron chi connectivity index (χ2n) is 5.81. The summed E-state index contributed by atoms with van der Waals surface area (Å²) < 4.78 is 11.8. The molecule has 6 heteroatoms. The van der Waals surface area contributed by atoms with Crippen molar-refractivity contribution in [3.8, 4) is 0 Å². The first-order valence-corrected chi connectivity index (χ1v) is 6.26. The van der Waals surface area contributed by atoms with E-state index >= 15 is 0 Å². The van der Waals surface area contributed by atoms with Gasteiger partial charge in [0.05, 0.1) is 17.1 Å². The summed E-state index contributed by atoms with van der Waals surface area (Å²) in [5.41, 5.74) is -0.875. The van der Waals surface area contributed by atoms with Crippen LogP contribution in [0.15, 0.2) is 12.2 Å². The first-order chi connectivity index (χ1) is 8.24. The third-order valence-electron chi connectivity index (χ3n) is 4.03. The minimum atomic E-state index is -0.931. The highest BCUT2D eigenvalue weighted by Gasteiger charge is 2.55. The Morgan fingerprint density at radius 1 is 1.33 bits per heavy atom. The molecule has 100 valence electrons. The van der Waals surface area contributed by atoms with E-state index < -0.39 is 24.4 Å². The van der Waals surface area contributed by atoms with Crippen LogP contribution in [0, 0.1) is 0 Å². The zero-order valence-electron chi connectivity index (χ0n) is 11.3. The van der Waals surface area contributed by atoms with Crippen LogP contribution in [0.1, 0.15) is 34.1 Å². The van der Waals surface area contributed by atoms with E-state index in [1.165, 1.54) is 4.90 Å². The van der Waals surface area contributed by atoms with E-state index in [1.54, 1.807) is 0 Å². The van der Waals surface area contributed by atoms with Gasteiger partial charge in [0.15, 0.2) is 0 Å². The van der Waals surface area contributed by atoms with Crippen molar-refractivity contribution in [3.05, 3.63) is 12.2 Å². The van der Waals surface area contributed by atoms with Gasteiger partial charge in [0.1, 0.15) is 0 Å². The summed E-state index contributed by atoms with van der Waals surface area (Å²) in [5.74, 6) is -0.364. The lowest BCUT2D eigenvalue weighted by Crippen LogP contribution is -2.51. The highest BCUT2D eigenvalue weighted by Crippen LogP contribution is 2.38. The molecule has 2 rings (SSSR count). The van der Waals surface area contributed by atoms with Gasteiger partial charge in [-0.1, -0.05) is 12.2 Å². The second-order valence-corrected chi connectivity index (χ2v) is 5.81. The lowest BCUT2D eigenvalue weighted by molar-refractivity contribution is 0.00578. The highest BCUT2D eigenvalue weighted by molar-refractivity contribution is 6.48. The van der Waals surface area contributed by atoms with E-state index in [0.717, 1.165) is 6.42 Å². The number of carboxylic acid groups (broad SMARTS) is 1. The third-order valence-corrected chi connectivity index (χ3v) is 4.03. The van der Waals surface area contributed by atoms with Gasteiger partial charge in [-0.25, -0.2) is 4.79 Å². The second kappa shape index (κ2) is 4.28. The molecule has 0 radical (unpaired) electrons. The number of nitrogens with zero attached hydrogens (tertiary/aromatic N) is 1. The van der Waals surface area contributed by atoms with Crippen LogP contribution in [0.5, 0.6) is 0 Å². The van der Waals surface area contributed by atoms with Gasteiger partial charge in [-0.3, -0.25) is 0 Å². The molecule has 1 atom stereocenters. The maximum absolute atomic E-state index is 11.2. The molecule has 1 saturated heterocycles. The fourth-order valence-corrected chi connectivity index (χ4v) is 2.19. The summed E-state index contributed by atoms with van der Waals surface area (Å²) >= 11 is 0. The maximum Gasteiger partial charge on any atom is 0.486 e. The standard InChI is InChI=1S/C12H20BNO4/c1-11(2)12(3,4)18-13(17-11)9-7-5-6-8-14(9)10(15)16/h5,7,9H,6,8H2,1-4H3,(H,15,16). The van der Waals surface area contributed by atoms with E-state index in [4.69, 9.17) is 9.31 Å². The Morgan fingerprint density at radius 3 is 2.39 bits per heavy atom. The normalized spacial score (nSPS) is 29.7. The highest BCUT2D eigenvalue weighted by atomic mass is 16.7. The zero-order valence-corrected chi connectivity index (χ0v) is 11.3. The molecule has 0 aromatic heterocycles. The van der Waals surface area contributed by atoms with Crippen LogP contribution in [0.3, 0.4) is 0 Å². The molecule has 1 fully saturated rings. The van der Waals surface area contributed by atoms with E-state index in [2.05, 4.69) is 0 Å². The average Bonchev–Trinajstić information content (AvgIpc) is 2.48. The third kappa shape index (κ3) is 2.15. The minimum absolute atomic E-state index is 0.364. The van der Waals surface area contributed by atoms with Crippen molar-refractivity contribution in [1.29, 1.82) is 0 Å². The van der Waals surface area contributed by atoms with E-state index in [0.29, 0.717) is 6.54 Å². The molecule has 0 aromatic carbocycles. The Balaban J connectivity index is 2.20. The van der Waals surface area contributed by atoms with Crippen LogP contribution < -0.4 is 0 Å². The van der Waals surface area contributed by atoms with Crippen molar-refractivity contribution in [1.82, 2.24) is 4.90 Å². The first-order valence-electron chi connectivity index (χ1n) is 6.26. The summed E-state index contributed by atoms with van der Waals surface area (Å²) in [6, 6.07) is 0. The van der Waals surface area contributed by atoms with Gasteiger partial charge in [0, 0.05) is 6.54 Å². The molecular formula is C12H20BNO4. The fraction of sp³-hybridized carbons (Fsp3) is 0.750. The minimum Gasteiger partial charge on any atom is -0.465 e. The van der Waals surface area contributed by atoms with Gasteiger partial charge in [-0.05, 0) is 34.1 Å². The first kappa shape index (κ1) is 13.4. The fourth-order valence-electron chi connectivity index (χ4n) is 2.19. The SMILES string of the molecule is CC1(C)OB(C2C=CCCN2C(=O)O)OC1(C)C. The van der Waals surface area contributed by atoms with Crippen molar-refractivity contribution in [3.63, 3.8) is 0 Å². The molecule has 1 N–H and O–H groups in total. The van der Waals surface area contributed by atoms with Crippen molar-refractivity contribution in [2.24, 2.45) is 0 Å². The Hall–Kier alpha value is -1.01. The number of hydrogen-bond acceptors (Lipinski definition) is 3. The maximum atomic E-state index is 11.2. The van der Waals surface area contributed by atoms with Crippen LogP contribution in [-0.4, -0.2) is 46.9 Å². The summed E-state index contributed by atoms with van der Waals surface area (Å²) in [6.45, 7) is 8.34. The van der Waals surface area contributed by atoms with Crippen LogP contribution in [0.4, 0.5) is 4.79 Å². The molecule has 5 nitrogen and oxygen atoms in total. The molecule has 1 amide bonds. The van der Waals surface area contributed by atoms with Crippen molar-refractivity contribution in [2.75, 3.05) is 6.54 Å². The van der Waals surface area contributed by atoms with Crippen molar-refractivity contribution in [2.45, 2.75) is 51.3 Å².